The van der Waals surface area contributed by atoms with Crippen molar-refractivity contribution >= 4 is 17.6 Å². The zero-order valence-electron chi connectivity index (χ0n) is 18.3. The van der Waals surface area contributed by atoms with E-state index in [4.69, 9.17) is 21.1 Å². The van der Waals surface area contributed by atoms with Crippen molar-refractivity contribution in [2.45, 2.75) is 19.5 Å². The number of piperazine rings is 1. The van der Waals surface area contributed by atoms with Crippen molar-refractivity contribution in [3.63, 3.8) is 0 Å². The van der Waals surface area contributed by atoms with E-state index in [2.05, 4.69) is 50.8 Å². The topological polar surface area (TPSA) is 66.1 Å². The quantitative estimate of drug-likeness (QED) is 0.595. The van der Waals surface area contributed by atoms with Gasteiger partial charge in [-0.1, -0.05) is 41.9 Å². The van der Waals surface area contributed by atoms with Gasteiger partial charge in [-0.15, -0.1) is 0 Å². The minimum Gasteiger partial charge on any atom is -0.486 e. The van der Waals surface area contributed by atoms with Crippen molar-refractivity contribution in [2.24, 2.45) is 0 Å². The molecule has 1 saturated heterocycles. The molecule has 0 aromatic heterocycles. The minimum atomic E-state index is -0.177. The van der Waals surface area contributed by atoms with Crippen LogP contribution in [0.15, 0.2) is 42.5 Å². The van der Waals surface area contributed by atoms with E-state index in [1.54, 1.807) is 6.07 Å². The highest BCUT2D eigenvalue weighted by atomic mass is 35.5. The Balaban J connectivity index is 1.09. The maximum atomic E-state index is 12.1. The monoisotopic (exact) mass is 458 g/mol. The van der Waals surface area contributed by atoms with Gasteiger partial charge in [0, 0.05) is 45.8 Å². The summed E-state index contributed by atoms with van der Waals surface area (Å²) in [5, 5.41) is 6.31. The summed E-state index contributed by atoms with van der Waals surface area (Å²) in [6.07, 6.45) is 0.932. The fraction of sp³-hybridized carbons (Fsp3) is 0.458. The van der Waals surface area contributed by atoms with Crippen LogP contribution in [-0.4, -0.2) is 68.3 Å². The number of halogens is 1. The summed E-state index contributed by atoms with van der Waals surface area (Å²) < 4.78 is 11.1. The predicted molar refractivity (Wildman–Crippen MR) is 125 cm³/mol. The summed E-state index contributed by atoms with van der Waals surface area (Å²) in [5.74, 6) is 1.21. The van der Waals surface area contributed by atoms with Crippen LogP contribution in [0, 0.1) is 0 Å². The second-order valence-corrected chi connectivity index (χ2v) is 8.58. The molecule has 0 atom stereocenters. The fourth-order valence-corrected chi connectivity index (χ4v) is 4.32. The normalized spacial score (nSPS) is 16.5. The molecule has 0 saturated carbocycles. The van der Waals surface area contributed by atoms with E-state index in [0.717, 1.165) is 51.3 Å². The molecule has 0 aliphatic carbocycles. The lowest BCUT2D eigenvalue weighted by Gasteiger charge is -2.34. The van der Waals surface area contributed by atoms with Crippen LogP contribution >= 0.6 is 11.6 Å². The van der Waals surface area contributed by atoms with Crippen LogP contribution in [0.5, 0.6) is 11.5 Å². The third-order valence-electron chi connectivity index (χ3n) is 5.76. The molecule has 7 nitrogen and oxygen atoms in total. The Hall–Kier alpha value is -2.48. The number of hydrogen-bond acceptors (Lipinski definition) is 5. The third-order valence-corrected chi connectivity index (χ3v) is 6.04. The van der Waals surface area contributed by atoms with Crippen molar-refractivity contribution in [1.29, 1.82) is 0 Å². The Morgan fingerprint density at radius 1 is 0.938 bits per heavy atom. The van der Waals surface area contributed by atoms with E-state index in [9.17, 15) is 4.79 Å². The van der Waals surface area contributed by atoms with Gasteiger partial charge >= 0.3 is 6.03 Å². The van der Waals surface area contributed by atoms with Gasteiger partial charge in [-0.05, 0) is 36.2 Å². The molecule has 4 rings (SSSR count). The molecule has 2 amide bonds. The molecule has 2 heterocycles. The summed E-state index contributed by atoms with van der Waals surface area (Å²) in [7, 11) is 0. The highest BCUT2D eigenvalue weighted by Crippen LogP contribution is 2.38. The van der Waals surface area contributed by atoms with Gasteiger partial charge in [0.2, 0.25) is 0 Å². The molecular weight excluding hydrogens is 428 g/mol. The van der Waals surface area contributed by atoms with Gasteiger partial charge in [0.15, 0.2) is 11.5 Å². The number of rotatable bonds is 8. The minimum absolute atomic E-state index is 0.177. The molecule has 2 N–H and O–H groups in total. The van der Waals surface area contributed by atoms with Crippen LogP contribution in [0.4, 0.5) is 4.79 Å². The maximum absolute atomic E-state index is 12.1. The van der Waals surface area contributed by atoms with Gasteiger partial charge in [0.05, 0.1) is 5.02 Å². The number of ether oxygens (including phenoxy) is 2. The van der Waals surface area contributed by atoms with E-state index < -0.39 is 0 Å². The van der Waals surface area contributed by atoms with Gasteiger partial charge in [0.25, 0.3) is 0 Å². The first-order valence-corrected chi connectivity index (χ1v) is 11.6. The van der Waals surface area contributed by atoms with Crippen LogP contribution in [0.2, 0.25) is 5.02 Å². The second-order valence-electron chi connectivity index (χ2n) is 8.17. The highest BCUT2D eigenvalue weighted by Gasteiger charge is 2.18. The number of benzene rings is 2. The second kappa shape index (κ2) is 11.4. The van der Waals surface area contributed by atoms with Crippen molar-refractivity contribution in [3.05, 3.63) is 58.6 Å². The number of amides is 2. The van der Waals surface area contributed by atoms with Crippen molar-refractivity contribution < 1.29 is 14.3 Å². The van der Waals surface area contributed by atoms with Crippen LogP contribution in [-0.2, 0) is 13.1 Å². The van der Waals surface area contributed by atoms with Crippen LogP contribution in [0.3, 0.4) is 0 Å². The van der Waals surface area contributed by atoms with Crippen LogP contribution < -0.4 is 20.1 Å². The summed E-state index contributed by atoms with van der Waals surface area (Å²) in [6, 6.07) is 14.1. The zero-order chi connectivity index (χ0) is 22.2. The van der Waals surface area contributed by atoms with Gasteiger partial charge in [-0.2, -0.15) is 0 Å². The van der Waals surface area contributed by atoms with Crippen LogP contribution in [0.25, 0.3) is 0 Å². The Morgan fingerprint density at radius 3 is 2.50 bits per heavy atom. The van der Waals surface area contributed by atoms with Gasteiger partial charge in [0.1, 0.15) is 13.2 Å². The van der Waals surface area contributed by atoms with E-state index in [1.165, 1.54) is 5.56 Å². The third kappa shape index (κ3) is 6.51. The maximum Gasteiger partial charge on any atom is 0.315 e. The highest BCUT2D eigenvalue weighted by molar-refractivity contribution is 6.32. The Labute approximate surface area is 194 Å². The van der Waals surface area contributed by atoms with Crippen LogP contribution in [0.1, 0.15) is 17.5 Å². The average molecular weight is 459 g/mol. The lowest BCUT2D eigenvalue weighted by molar-refractivity contribution is 0.126. The number of hydrogen-bond donors (Lipinski definition) is 2. The molecule has 2 aliphatic heterocycles. The summed E-state index contributed by atoms with van der Waals surface area (Å²) in [5.41, 5.74) is 2.25. The Bertz CT molecular complexity index is 888. The lowest BCUT2D eigenvalue weighted by Crippen LogP contribution is -2.46. The first-order chi connectivity index (χ1) is 15.7. The van der Waals surface area contributed by atoms with Crippen molar-refractivity contribution in [1.82, 2.24) is 20.4 Å². The molecule has 0 bridgehead atoms. The number of nitrogens with one attached hydrogen (secondary N) is 2. The number of carbonyl (C=O) groups is 1. The lowest BCUT2D eigenvalue weighted by atomic mass is 10.2. The molecule has 2 aliphatic rings. The molecule has 2 aromatic rings. The SMILES string of the molecule is O=C(NCCCN1CCN(Cc2ccccc2)CC1)NCc1cc(Cl)c2c(c1)OCCO2. The number of fused-ring (bicyclic) bond motifs is 1. The summed E-state index contributed by atoms with van der Waals surface area (Å²) >= 11 is 6.25. The Kier molecular flexibility index (Phi) is 8.09. The van der Waals surface area contributed by atoms with E-state index in [0.29, 0.717) is 42.8 Å². The predicted octanol–water partition coefficient (Wildman–Crippen LogP) is 3.12. The van der Waals surface area contributed by atoms with E-state index in [-0.39, 0.29) is 6.03 Å². The standard InChI is InChI=1S/C24H31ClN4O3/c25-21-15-20(16-22-23(21)32-14-13-31-22)17-27-24(30)26-7-4-8-28-9-11-29(12-10-28)18-19-5-2-1-3-6-19/h1-3,5-6,15-16H,4,7-14,17-18H2,(H2,26,27,30). The van der Waals surface area contributed by atoms with Gasteiger partial charge < -0.3 is 25.0 Å². The van der Waals surface area contributed by atoms with Crippen molar-refractivity contribution in [2.75, 3.05) is 52.5 Å². The fourth-order valence-electron chi connectivity index (χ4n) is 4.03. The zero-order valence-corrected chi connectivity index (χ0v) is 19.1. The molecule has 8 heteroatoms. The smallest absolute Gasteiger partial charge is 0.315 e. The summed E-state index contributed by atoms with van der Waals surface area (Å²) in [6.45, 7) is 8.36. The largest absolute Gasteiger partial charge is 0.486 e. The molecule has 0 spiro atoms. The molecule has 0 unspecified atom stereocenters. The molecule has 32 heavy (non-hydrogen) atoms. The van der Waals surface area contributed by atoms with Crippen molar-refractivity contribution in [3.8, 4) is 11.5 Å². The van der Waals surface area contributed by atoms with Gasteiger partial charge in [-0.3, -0.25) is 4.90 Å². The molecule has 172 valence electrons. The molecular formula is C24H31ClN4O3. The first kappa shape index (κ1) is 22.7. The molecule has 0 radical (unpaired) electrons. The van der Waals surface area contributed by atoms with Gasteiger partial charge in [-0.25, -0.2) is 4.79 Å². The average Bonchev–Trinajstić information content (AvgIpc) is 2.82. The molecule has 1 fully saturated rings. The molecule has 2 aromatic carbocycles. The number of urea groups is 1. The summed E-state index contributed by atoms with van der Waals surface area (Å²) in [4.78, 5) is 17.1. The Morgan fingerprint density at radius 2 is 1.69 bits per heavy atom. The first-order valence-electron chi connectivity index (χ1n) is 11.3. The number of carbonyl (C=O) groups excluding carboxylic acids is 1. The van der Waals surface area contributed by atoms with E-state index >= 15 is 0 Å². The van der Waals surface area contributed by atoms with E-state index in [1.807, 2.05) is 6.07 Å². The number of nitrogens with zero attached hydrogens (tertiary/aromatic N) is 2.